The number of fused-ring (bicyclic) bond motifs is 1. The molecule has 23 heavy (non-hydrogen) atoms. The number of anilines is 1. The van der Waals surface area contributed by atoms with E-state index in [1.807, 2.05) is 17.7 Å². The van der Waals surface area contributed by atoms with Gasteiger partial charge in [0.1, 0.15) is 5.82 Å². The zero-order valence-corrected chi connectivity index (χ0v) is 13.0. The first-order chi connectivity index (χ1) is 10.8. The van der Waals surface area contributed by atoms with E-state index in [9.17, 15) is 9.18 Å². The minimum atomic E-state index is -1.96. The maximum Gasteiger partial charge on any atom is 0.262 e. The summed E-state index contributed by atoms with van der Waals surface area (Å²) in [5.74, 6) is -0.430. The summed E-state index contributed by atoms with van der Waals surface area (Å²) >= 11 is 0. The number of imidazole rings is 1. The fraction of sp³-hybridized carbons (Fsp3) is 0.250. The van der Waals surface area contributed by atoms with Crippen molar-refractivity contribution in [1.29, 1.82) is 0 Å². The van der Waals surface area contributed by atoms with E-state index in [0.29, 0.717) is 5.82 Å². The molecule has 1 amide bonds. The highest BCUT2D eigenvalue weighted by molar-refractivity contribution is 5.97. The highest BCUT2D eigenvalue weighted by Crippen LogP contribution is 2.23. The molecule has 0 bridgehead atoms. The average Bonchev–Trinajstić information content (AvgIpc) is 2.91. The van der Waals surface area contributed by atoms with Crippen LogP contribution in [0.3, 0.4) is 0 Å². The number of alkyl halides is 1. The molecule has 0 fully saturated rings. The van der Waals surface area contributed by atoms with Crippen LogP contribution in [-0.4, -0.2) is 31.1 Å². The second kappa shape index (κ2) is 5.42. The predicted octanol–water partition coefficient (Wildman–Crippen LogP) is 2.72. The molecule has 0 aliphatic heterocycles. The lowest BCUT2D eigenvalue weighted by atomic mass is 10.1. The molecule has 0 saturated carbocycles. The van der Waals surface area contributed by atoms with Crippen LogP contribution in [0.15, 0.2) is 37.1 Å². The van der Waals surface area contributed by atoms with Gasteiger partial charge in [-0.05, 0) is 31.4 Å². The molecule has 3 aromatic rings. The van der Waals surface area contributed by atoms with Gasteiger partial charge in [-0.15, -0.1) is 0 Å². The number of amides is 1. The van der Waals surface area contributed by atoms with Crippen molar-refractivity contribution in [2.45, 2.75) is 19.5 Å². The lowest BCUT2D eigenvalue weighted by molar-refractivity contribution is -0.125. The lowest BCUT2D eigenvalue weighted by Gasteiger charge is -2.13. The Morgan fingerprint density at radius 1 is 1.17 bits per heavy atom. The Kier molecular flexibility index (Phi) is 3.55. The summed E-state index contributed by atoms with van der Waals surface area (Å²) in [6.07, 6.45) is 6.72. The Bertz CT molecular complexity index is 882. The number of nitrogens with one attached hydrogen (secondary N) is 1. The fourth-order valence-corrected chi connectivity index (χ4v) is 2.12. The zero-order chi connectivity index (χ0) is 16.6. The number of hydrogen-bond acceptors (Lipinski definition) is 4. The molecule has 3 heterocycles. The Balaban J connectivity index is 1.98. The van der Waals surface area contributed by atoms with E-state index in [2.05, 4.69) is 20.3 Å². The summed E-state index contributed by atoms with van der Waals surface area (Å²) in [6, 6.07) is 3.57. The van der Waals surface area contributed by atoms with Gasteiger partial charge >= 0.3 is 0 Å². The van der Waals surface area contributed by atoms with Crippen LogP contribution in [0.25, 0.3) is 22.2 Å². The van der Waals surface area contributed by atoms with Gasteiger partial charge in [-0.2, -0.15) is 0 Å². The van der Waals surface area contributed by atoms with Gasteiger partial charge in [0, 0.05) is 24.8 Å². The standard InChI is InChI=1S/C16H16FN5O/c1-16(2,17)15(23)21-14-5-10-4-12(13-8-18-9-22(13)3)19-6-11(10)7-20-14/h4-9H,1-3H3,(H,20,21,23). The van der Waals surface area contributed by atoms with Crippen molar-refractivity contribution >= 4 is 22.5 Å². The summed E-state index contributed by atoms with van der Waals surface area (Å²) in [6.45, 7) is 2.40. The van der Waals surface area contributed by atoms with Crippen molar-refractivity contribution in [3.63, 3.8) is 0 Å². The molecule has 6 nitrogen and oxygen atoms in total. The maximum atomic E-state index is 13.6. The summed E-state index contributed by atoms with van der Waals surface area (Å²) in [4.78, 5) is 24.3. The van der Waals surface area contributed by atoms with Gasteiger partial charge in [0.05, 0.1) is 23.9 Å². The second-order valence-corrected chi connectivity index (χ2v) is 5.80. The third kappa shape index (κ3) is 3.03. The molecule has 0 radical (unpaired) electrons. The molecule has 0 atom stereocenters. The van der Waals surface area contributed by atoms with Crippen molar-refractivity contribution in [2.24, 2.45) is 7.05 Å². The molecule has 3 rings (SSSR count). The highest BCUT2D eigenvalue weighted by Gasteiger charge is 2.26. The number of hydrogen-bond donors (Lipinski definition) is 1. The molecule has 7 heteroatoms. The number of carbonyl (C=O) groups excluding carboxylic acids is 1. The number of rotatable bonds is 3. The van der Waals surface area contributed by atoms with Crippen LogP contribution in [0.4, 0.5) is 10.2 Å². The molecular weight excluding hydrogens is 297 g/mol. The Hall–Kier alpha value is -2.83. The number of halogens is 1. The molecule has 0 aliphatic rings. The van der Waals surface area contributed by atoms with E-state index >= 15 is 0 Å². The molecule has 3 aromatic heterocycles. The molecule has 0 aromatic carbocycles. The van der Waals surface area contributed by atoms with Gasteiger partial charge < -0.3 is 9.88 Å². The molecule has 1 N–H and O–H groups in total. The molecule has 0 unspecified atom stereocenters. The number of aryl methyl sites for hydroxylation is 1. The van der Waals surface area contributed by atoms with E-state index in [4.69, 9.17) is 0 Å². The first-order valence-electron chi connectivity index (χ1n) is 7.07. The first-order valence-corrected chi connectivity index (χ1v) is 7.07. The van der Waals surface area contributed by atoms with Gasteiger partial charge in [0.25, 0.3) is 5.91 Å². The maximum absolute atomic E-state index is 13.6. The minimum absolute atomic E-state index is 0.301. The van der Waals surface area contributed by atoms with Gasteiger partial charge in [0.2, 0.25) is 0 Å². The van der Waals surface area contributed by atoms with Crippen LogP contribution < -0.4 is 5.32 Å². The van der Waals surface area contributed by atoms with Gasteiger partial charge in [0.15, 0.2) is 5.67 Å². The number of aromatic nitrogens is 4. The van der Waals surface area contributed by atoms with Crippen LogP contribution in [0.5, 0.6) is 0 Å². The van der Waals surface area contributed by atoms with Gasteiger partial charge in [-0.1, -0.05) is 0 Å². The number of pyridine rings is 2. The van der Waals surface area contributed by atoms with E-state index in [-0.39, 0.29) is 0 Å². The van der Waals surface area contributed by atoms with Crippen molar-refractivity contribution in [3.8, 4) is 11.4 Å². The van der Waals surface area contributed by atoms with Crippen LogP contribution in [-0.2, 0) is 11.8 Å². The third-order valence-corrected chi connectivity index (χ3v) is 3.46. The van der Waals surface area contributed by atoms with Crippen LogP contribution in [0.2, 0.25) is 0 Å². The van der Waals surface area contributed by atoms with Crippen molar-refractivity contribution in [1.82, 2.24) is 19.5 Å². The zero-order valence-electron chi connectivity index (χ0n) is 13.0. The van der Waals surface area contributed by atoms with E-state index < -0.39 is 11.6 Å². The van der Waals surface area contributed by atoms with Crippen LogP contribution >= 0.6 is 0 Å². The van der Waals surface area contributed by atoms with E-state index in [0.717, 1.165) is 22.2 Å². The predicted molar refractivity (Wildman–Crippen MR) is 85.6 cm³/mol. The SMILES string of the molecule is Cn1cncc1-c1cc2cc(NC(=O)C(C)(C)F)ncc2cn1. The topological polar surface area (TPSA) is 72.7 Å². The fourth-order valence-electron chi connectivity index (χ4n) is 2.12. The molecule has 0 spiro atoms. The molecule has 0 aliphatic carbocycles. The average molecular weight is 313 g/mol. The lowest BCUT2D eigenvalue weighted by Crippen LogP contribution is -2.32. The molecule has 118 valence electrons. The van der Waals surface area contributed by atoms with Crippen molar-refractivity contribution < 1.29 is 9.18 Å². The monoisotopic (exact) mass is 313 g/mol. The number of nitrogens with zero attached hydrogens (tertiary/aromatic N) is 4. The van der Waals surface area contributed by atoms with Gasteiger partial charge in [-0.25, -0.2) is 14.4 Å². The van der Waals surface area contributed by atoms with E-state index in [1.54, 1.807) is 31.0 Å². The van der Waals surface area contributed by atoms with Crippen molar-refractivity contribution in [3.05, 3.63) is 37.1 Å². The quantitative estimate of drug-likeness (QED) is 0.807. The second-order valence-electron chi connectivity index (χ2n) is 5.80. The summed E-state index contributed by atoms with van der Waals surface area (Å²) in [7, 11) is 1.88. The first kappa shape index (κ1) is 15.1. The third-order valence-electron chi connectivity index (χ3n) is 3.46. The van der Waals surface area contributed by atoms with Gasteiger partial charge in [-0.3, -0.25) is 9.78 Å². The highest BCUT2D eigenvalue weighted by atomic mass is 19.1. The summed E-state index contributed by atoms with van der Waals surface area (Å²) in [5.41, 5.74) is -0.333. The smallest absolute Gasteiger partial charge is 0.262 e. The summed E-state index contributed by atoms with van der Waals surface area (Å²) in [5, 5.41) is 4.15. The Labute approximate surface area is 132 Å². The summed E-state index contributed by atoms with van der Waals surface area (Å²) < 4.78 is 15.5. The van der Waals surface area contributed by atoms with Crippen LogP contribution in [0.1, 0.15) is 13.8 Å². The molecule has 0 saturated heterocycles. The number of carbonyl (C=O) groups is 1. The Morgan fingerprint density at radius 2 is 1.91 bits per heavy atom. The largest absolute Gasteiger partial charge is 0.332 e. The van der Waals surface area contributed by atoms with E-state index in [1.165, 1.54) is 13.8 Å². The normalized spacial score (nSPS) is 11.7. The Morgan fingerprint density at radius 3 is 2.57 bits per heavy atom. The minimum Gasteiger partial charge on any atom is -0.332 e. The van der Waals surface area contributed by atoms with Crippen molar-refractivity contribution in [2.75, 3.05) is 5.32 Å². The van der Waals surface area contributed by atoms with Crippen LogP contribution in [0, 0.1) is 0 Å². The molecular formula is C16H16FN5O.